The van der Waals surface area contributed by atoms with Crippen molar-refractivity contribution in [3.05, 3.63) is 33.2 Å². The molecule has 0 spiro atoms. The Balaban J connectivity index is 2.03. The third kappa shape index (κ3) is 3.00. The van der Waals surface area contributed by atoms with Crippen molar-refractivity contribution in [1.29, 1.82) is 0 Å². The average molecular weight is 314 g/mol. The van der Waals surface area contributed by atoms with Crippen molar-refractivity contribution in [2.75, 3.05) is 19.6 Å². The summed E-state index contributed by atoms with van der Waals surface area (Å²) < 4.78 is 2.21. The zero-order chi connectivity index (χ0) is 13.1. The Kier molecular flexibility index (Phi) is 4.19. The van der Waals surface area contributed by atoms with Gasteiger partial charge in [0.25, 0.3) is 5.56 Å². The topological polar surface area (TPSA) is 68.3 Å². The van der Waals surface area contributed by atoms with Crippen LogP contribution in [0.5, 0.6) is 0 Å². The number of pyridine rings is 1. The summed E-state index contributed by atoms with van der Waals surface area (Å²) in [5.74, 6) is 0.374. The van der Waals surface area contributed by atoms with E-state index in [9.17, 15) is 9.59 Å². The predicted octanol–water partition coefficient (Wildman–Crippen LogP) is 0.418. The van der Waals surface area contributed by atoms with Crippen molar-refractivity contribution in [3.63, 3.8) is 0 Å². The molecule has 1 aliphatic heterocycles. The van der Waals surface area contributed by atoms with Crippen LogP contribution in [0.3, 0.4) is 0 Å². The second-order valence-electron chi connectivity index (χ2n) is 4.54. The molecule has 2 rings (SSSR count). The molecular weight excluding hydrogens is 298 g/mol. The Morgan fingerprint density at radius 3 is 2.94 bits per heavy atom. The van der Waals surface area contributed by atoms with Crippen LogP contribution < -0.4 is 11.3 Å². The minimum atomic E-state index is -0.166. The summed E-state index contributed by atoms with van der Waals surface area (Å²) in [4.78, 5) is 25.4. The largest absolute Gasteiger partial charge is 0.341 e. The lowest BCUT2D eigenvalue weighted by Crippen LogP contribution is -2.35. The summed E-state index contributed by atoms with van der Waals surface area (Å²) >= 11 is 3.29. The Bertz CT molecular complexity index is 500. The summed E-state index contributed by atoms with van der Waals surface area (Å²) in [6.07, 6.45) is 2.59. The van der Waals surface area contributed by atoms with E-state index in [0.29, 0.717) is 19.0 Å². The Morgan fingerprint density at radius 1 is 1.50 bits per heavy atom. The first kappa shape index (κ1) is 13.3. The van der Waals surface area contributed by atoms with Crippen LogP contribution >= 0.6 is 15.9 Å². The van der Waals surface area contributed by atoms with E-state index < -0.39 is 0 Å². The van der Waals surface area contributed by atoms with E-state index in [4.69, 9.17) is 5.73 Å². The normalized spacial score (nSPS) is 19.2. The second kappa shape index (κ2) is 5.67. The Hall–Kier alpha value is -1.14. The lowest BCUT2D eigenvalue weighted by atomic mass is 10.1. The van der Waals surface area contributed by atoms with Crippen molar-refractivity contribution >= 4 is 21.8 Å². The van der Waals surface area contributed by atoms with Crippen molar-refractivity contribution in [3.8, 4) is 0 Å². The first-order valence-corrected chi connectivity index (χ1v) is 6.73. The van der Waals surface area contributed by atoms with Gasteiger partial charge in [-0.3, -0.25) is 9.59 Å². The number of hydrogen-bond acceptors (Lipinski definition) is 3. The molecule has 1 aromatic rings. The molecule has 0 aliphatic carbocycles. The first-order valence-electron chi connectivity index (χ1n) is 5.94. The predicted molar refractivity (Wildman–Crippen MR) is 72.1 cm³/mol. The highest BCUT2D eigenvalue weighted by atomic mass is 79.9. The monoisotopic (exact) mass is 313 g/mol. The molecule has 0 saturated carbocycles. The van der Waals surface area contributed by atoms with Crippen LogP contribution in [0.15, 0.2) is 27.6 Å². The van der Waals surface area contributed by atoms with E-state index >= 15 is 0 Å². The van der Waals surface area contributed by atoms with Gasteiger partial charge in [0.2, 0.25) is 5.91 Å². The highest BCUT2D eigenvalue weighted by Gasteiger charge is 2.25. The van der Waals surface area contributed by atoms with Gasteiger partial charge in [-0.15, -0.1) is 0 Å². The van der Waals surface area contributed by atoms with Crippen molar-refractivity contribution in [2.45, 2.75) is 13.0 Å². The second-order valence-corrected chi connectivity index (χ2v) is 5.46. The number of aromatic nitrogens is 1. The van der Waals surface area contributed by atoms with Gasteiger partial charge in [0, 0.05) is 29.8 Å². The van der Waals surface area contributed by atoms with Gasteiger partial charge in [0.05, 0.1) is 0 Å². The fourth-order valence-electron chi connectivity index (χ4n) is 2.12. The number of rotatable bonds is 3. The minimum Gasteiger partial charge on any atom is -0.341 e. The molecule has 18 heavy (non-hydrogen) atoms. The summed E-state index contributed by atoms with van der Waals surface area (Å²) in [6.45, 7) is 2.15. The van der Waals surface area contributed by atoms with Gasteiger partial charge < -0.3 is 15.2 Å². The fourth-order valence-corrected chi connectivity index (χ4v) is 2.50. The molecule has 0 bridgehead atoms. The molecule has 2 heterocycles. The van der Waals surface area contributed by atoms with Gasteiger partial charge in [-0.1, -0.05) is 0 Å². The quantitative estimate of drug-likeness (QED) is 0.879. The minimum absolute atomic E-state index is 0.0221. The maximum Gasteiger partial charge on any atom is 0.251 e. The number of likely N-dealkylation sites (tertiary alicyclic amines) is 1. The molecule has 6 heteroatoms. The molecule has 1 aromatic heterocycles. The zero-order valence-corrected chi connectivity index (χ0v) is 11.6. The van der Waals surface area contributed by atoms with Crippen LogP contribution in [0.2, 0.25) is 0 Å². The molecule has 5 nitrogen and oxygen atoms in total. The Morgan fingerprint density at radius 2 is 2.28 bits per heavy atom. The van der Waals surface area contributed by atoms with Gasteiger partial charge in [-0.25, -0.2) is 0 Å². The highest BCUT2D eigenvalue weighted by Crippen LogP contribution is 2.15. The molecule has 1 fully saturated rings. The van der Waals surface area contributed by atoms with Crippen LogP contribution in [-0.4, -0.2) is 35.0 Å². The van der Waals surface area contributed by atoms with Gasteiger partial charge in [-0.05, 0) is 40.9 Å². The van der Waals surface area contributed by atoms with Crippen molar-refractivity contribution in [1.82, 2.24) is 9.47 Å². The lowest BCUT2D eigenvalue weighted by molar-refractivity contribution is -0.130. The first-order chi connectivity index (χ1) is 8.60. The molecule has 98 valence electrons. The summed E-state index contributed by atoms with van der Waals surface area (Å²) in [5.41, 5.74) is 5.43. The number of hydrogen-bond donors (Lipinski definition) is 1. The lowest BCUT2D eigenvalue weighted by Gasteiger charge is -2.17. The van der Waals surface area contributed by atoms with Crippen LogP contribution in [-0.2, 0) is 11.3 Å². The zero-order valence-electron chi connectivity index (χ0n) is 10.0. The van der Waals surface area contributed by atoms with E-state index in [0.717, 1.165) is 17.4 Å². The standard InChI is InChI=1S/C12H16BrN3O2/c13-10-1-2-11(17)16(7-10)8-12(18)15-4-3-9(5-14)6-15/h1-2,7,9H,3-6,8,14H2/t9-/m1/s1. The SMILES string of the molecule is NC[C@H]1CCN(C(=O)Cn2cc(Br)ccc2=O)C1. The molecule has 1 amide bonds. The van der Waals surface area contributed by atoms with Crippen LogP contribution in [0.1, 0.15) is 6.42 Å². The van der Waals surface area contributed by atoms with E-state index in [-0.39, 0.29) is 18.0 Å². The number of carbonyl (C=O) groups is 1. The van der Waals surface area contributed by atoms with E-state index in [2.05, 4.69) is 15.9 Å². The third-order valence-corrected chi connectivity index (χ3v) is 3.69. The number of halogens is 1. The fraction of sp³-hybridized carbons (Fsp3) is 0.500. The van der Waals surface area contributed by atoms with E-state index in [1.165, 1.54) is 10.6 Å². The van der Waals surface area contributed by atoms with Gasteiger partial charge in [-0.2, -0.15) is 0 Å². The third-order valence-electron chi connectivity index (χ3n) is 3.22. The van der Waals surface area contributed by atoms with E-state index in [1.54, 1.807) is 17.2 Å². The Labute approximate surface area is 114 Å². The van der Waals surface area contributed by atoms with Crippen molar-refractivity contribution in [2.24, 2.45) is 11.7 Å². The van der Waals surface area contributed by atoms with Gasteiger partial charge in [0.1, 0.15) is 6.54 Å². The summed E-state index contributed by atoms with van der Waals surface area (Å²) in [7, 11) is 0. The smallest absolute Gasteiger partial charge is 0.251 e. The number of carbonyl (C=O) groups excluding carboxylic acids is 1. The average Bonchev–Trinajstić information content (AvgIpc) is 2.82. The molecule has 2 N–H and O–H groups in total. The van der Waals surface area contributed by atoms with Gasteiger partial charge >= 0.3 is 0 Å². The molecule has 1 atom stereocenters. The van der Waals surface area contributed by atoms with Gasteiger partial charge in [0.15, 0.2) is 0 Å². The maximum absolute atomic E-state index is 12.0. The maximum atomic E-state index is 12.0. The van der Waals surface area contributed by atoms with E-state index in [1.807, 2.05) is 0 Å². The summed E-state index contributed by atoms with van der Waals surface area (Å²) in [5, 5.41) is 0. The number of nitrogens with zero attached hydrogens (tertiary/aromatic N) is 2. The highest BCUT2D eigenvalue weighted by molar-refractivity contribution is 9.10. The van der Waals surface area contributed by atoms with Crippen molar-refractivity contribution < 1.29 is 4.79 Å². The molecule has 0 unspecified atom stereocenters. The van der Waals surface area contributed by atoms with Crippen LogP contribution in [0.25, 0.3) is 0 Å². The molecular formula is C12H16BrN3O2. The van der Waals surface area contributed by atoms with Crippen LogP contribution in [0.4, 0.5) is 0 Å². The number of nitrogens with two attached hydrogens (primary N) is 1. The van der Waals surface area contributed by atoms with Crippen LogP contribution in [0, 0.1) is 5.92 Å². The summed E-state index contributed by atoms with van der Waals surface area (Å²) in [6, 6.07) is 3.12. The molecule has 1 saturated heterocycles. The molecule has 0 radical (unpaired) electrons. The molecule has 0 aromatic carbocycles. The molecule has 1 aliphatic rings. The number of amides is 1.